The summed E-state index contributed by atoms with van der Waals surface area (Å²) in [6.07, 6.45) is 40.4. The normalized spacial score (nSPS) is 21.3. The lowest BCUT2D eigenvalue weighted by atomic mass is 9.99. The van der Waals surface area contributed by atoms with Crippen LogP contribution < -0.4 is 5.32 Å². The first kappa shape index (κ1) is 53.4. The van der Waals surface area contributed by atoms with Gasteiger partial charge in [-0.1, -0.05) is 185 Å². The standard InChI is InChI=1S/C48H89NO8/c1-3-5-7-9-11-13-15-17-18-19-20-21-22-23-24-26-28-30-32-34-36-38-44(52)49-41(40-56-48-47(55)46(54)45(53)43(39-50)57-48)42(51)37-35-33-31-29-27-25-16-14-12-10-8-6-4-2/h15,17,19-20,35,37,41-43,45-48,50-51,53-55H,3-14,16,18,21-34,36,38-40H2,1-2H3,(H,49,52)/b17-15-,20-19-,37-35+. The predicted octanol–water partition coefficient (Wildman–Crippen LogP) is 10.1. The molecule has 6 N–H and O–H groups in total. The molecule has 57 heavy (non-hydrogen) atoms. The molecule has 334 valence electrons. The highest BCUT2D eigenvalue weighted by atomic mass is 16.7. The van der Waals surface area contributed by atoms with E-state index in [0.29, 0.717) is 6.42 Å². The van der Waals surface area contributed by atoms with Crippen LogP contribution in [0.5, 0.6) is 0 Å². The number of rotatable bonds is 39. The number of aliphatic hydroxyl groups is 5. The molecule has 1 rings (SSSR count). The number of carbonyl (C=O) groups excluding carboxylic acids is 1. The molecule has 1 saturated heterocycles. The highest BCUT2D eigenvalue weighted by molar-refractivity contribution is 5.76. The third kappa shape index (κ3) is 29.3. The summed E-state index contributed by atoms with van der Waals surface area (Å²) in [5, 5.41) is 54.2. The van der Waals surface area contributed by atoms with Gasteiger partial charge in [-0.05, 0) is 51.4 Å². The summed E-state index contributed by atoms with van der Waals surface area (Å²) in [4.78, 5) is 13.0. The first-order valence-electron chi connectivity index (χ1n) is 23.7. The van der Waals surface area contributed by atoms with E-state index in [1.54, 1.807) is 6.08 Å². The fourth-order valence-corrected chi connectivity index (χ4v) is 7.36. The van der Waals surface area contributed by atoms with E-state index in [-0.39, 0.29) is 12.5 Å². The molecule has 9 nitrogen and oxygen atoms in total. The number of ether oxygens (including phenoxy) is 2. The number of hydrogen-bond donors (Lipinski definition) is 6. The molecule has 1 heterocycles. The van der Waals surface area contributed by atoms with Gasteiger partial charge in [-0.3, -0.25) is 4.79 Å². The fraction of sp³-hybridized carbons (Fsp3) is 0.854. The smallest absolute Gasteiger partial charge is 0.220 e. The molecule has 1 aliphatic rings. The molecule has 0 bridgehead atoms. The minimum absolute atomic E-state index is 0.182. The molecular formula is C48H89NO8. The van der Waals surface area contributed by atoms with Crippen LogP contribution in [-0.4, -0.2) is 87.5 Å². The Morgan fingerprint density at radius 3 is 1.51 bits per heavy atom. The summed E-state index contributed by atoms with van der Waals surface area (Å²) in [6, 6.07) is -0.805. The SMILES string of the molecule is CCCCCCC/C=C\C/C=C\CCCCCCCCCCCC(=O)NC(COC1OC(CO)C(O)C(O)C1O)C(O)/C=C/CCCCCCCCCCCCC. The topological polar surface area (TPSA) is 149 Å². The molecule has 1 aliphatic heterocycles. The van der Waals surface area contributed by atoms with E-state index in [2.05, 4.69) is 43.5 Å². The van der Waals surface area contributed by atoms with Crippen molar-refractivity contribution in [2.24, 2.45) is 0 Å². The van der Waals surface area contributed by atoms with Crippen LogP contribution in [0.2, 0.25) is 0 Å². The third-order valence-corrected chi connectivity index (χ3v) is 11.2. The summed E-state index contributed by atoms with van der Waals surface area (Å²) >= 11 is 0. The monoisotopic (exact) mass is 808 g/mol. The summed E-state index contributed by atoms with van der Waals surface area (Å²) < 4.78 is 11.2. The maximum atomic E-state index is 13.0. The number of carbonyl (C=O) groups is 1. The molecule has 0 radical (unpaired) electrons. The Hall–Kier alpha value is -1.59. The van der Waals surface area contributed by atoms with Crippen molar-refractivity contribution < 1.29 is 39.8 Å². The Balaban J connectivity index is 2.32. The Morgan fingerprint density at radius 2 is 1.04 bits per heavy atom. The quantitative estimate of drug-likeness (QED) is 0.0266. The van der Waals surface area contributed by atoms with E-state index in [1.807, 2.05) is 6.08 Å². The van der Waals surface area contributed by atoms with Gasteiger partial charge in [0.25, 0.3) is 0 Å². The summed E-state index contributed by atoms with van der Waals surface area (Å²) in [7, 11) is 0. The highest BCUT2D eigenvalue weighted by Crippen LogP contribution is 2.22. The van der Waals surface area contributed by atoms with Crippen LogP contribution >= 0.6 is 0 Å². The zero-order valence-electron chi connectivity index (χ0n) is 36.6. The van der Waals surface area contributed by atoms with Crippen LogP contribution in [0.3, 0.4) is 0 Å². The number of amides is 1. The Bertz CT molecular complexity index is 987. The molecule has 9 heteroatoms. The van der Waals surface area contributed by atoms with Gasteiger partial charge >= 0.3 is 0 Å². The van der Waals surface area contributed by atoms with Crippen LogP contribution in [-0.2, 0) is 14.3 Å². The van der Waals surface area contributed by atoms with Crippen molar-refractivity contribution in [2.75, 3.05) is 13.2 Å². The molecule has 1 fully saturated rings. The summed E-state index contributed by atoms with van der Waals surface area (Å²) in [5.41, 5.74) is 0. The summed E-state index contributed by atoms with van der Waals surface area (Å²) in [6.45, 7) is 3.75. The maximum Gasteiger partial charge on any atom is 0.220 e. The van der Waals surface area contributed by atoms with Crippen molar-refractivity contribution in [2.45, 2.75) is 249 Å². The molecule has 0 aromatic carbocycles. The fourth-order valence-electron chi connectivity index (χ4n) is 7.36. The second kappa shape index (κ2) is 38.6. The zero-order valence-corrected chi connectivity index (χ0v) is 36.6. The number of hydrogen-bond acceptors (Lipinski definition) is 8. The molecule has 0 aromatic heterocycles. The Labute approximate surface area is 349 Å². The lowest BCUT2D eigenvalue weighted by Gasteiger charge is -2.40. The van der Waals surface area contributed by atoms with Gasteiger partial charge in [0.15, 0.2) is 6.29 Å². The van der Waals surface area contributed by atoms with Crippen molar-refractivity contribution in [3.05, 3.63) is 36.5 Å². The Morgan fingerprint density at radius 1 is 0.596 bits per heavy atom. The first-order chi connectivity index (χ1) is 27.8. The second-order valence-electron chi connectivity index (χ2n) is 16.5. The van der Waals surface area contributed by atoms with E-state index in [0.717, 1.165) is 44.9 Å². The minimum atomic E-state index is -1.57. The Kier molecular flexibility index (Phi) is 36.2. The number of allylic oxidation sites excluding steroid dienone is 5. The van der Waals surface area contributed by atoms with Gasteiger partial charge in [-0.25, -0.2) is 0 Å². The molecule has 7 atom stereocenters. The lowest BCUT2D eigenvalue weighted by molar-refractivity contribution is -0.302. The van der Waals surface area contributed by atoms with Crippen LogP contribution in [0.1, 0.15) is 206 Å². The van der Waals surface area contributed by atoms with Crippen molar-refractivity contribution in [1.29, 1.82) is 0 Å². The van der Waals surface area contributed by atoms with Crippen molar-refractivity contribution >= 4 is 5.91 Å². The number of unbranched alkanes of at least 4 members (excludes halogenated alkanes) is 25. The van der Waals surface area contributed by atoms with Crippen LogP contribution in [0.15, 0.2) is 36.5 Å². The van der Waals surface area contributed by atoms with E-state index in [4.69, 9.17) is 9.47 Å². The minimum Gasteiger partial charge on any atom is -0.394 e. The number of nitrogens with one attached hydrogen (secondary N) is 1. The average Bonchev–Trinajstić information content (AvgIpc) is 3.21. The number of aliphatic hydroxyl groups excluding tert-OH is 5. The van der Waals surface area contributed by atoms with Crippen molar-refractivity contribution in [1.82, 2.24) is 5.32 Å². The van der Waals surface area contributed by atoms with E-state index in [9.17, 15) is 30.3 Å². The zero-order chi connectivity index (χ0) is 41.6. The van der Waals surface area contributed by atoms with E-state index >= 15 is 0 Å². The second-order valence-corrected chi connectivity index (χ2v) is 16.5. The van der Waals surface area contributed by atoms with Crippen LogP contribution in [0.25, 0.3) is 0 Å². The predicted molar refractivity (Wildman–Crippen MR) is 235 cm³/mol. The van der Waals surface area contributed by atoms with Gasteiger partial charge < -0.3 is 40.3 Å². The molecule has 0 aliphatic carbocycles. The highest BCUT2D eigenvalue weighted by Gasteiger charge is 2.44. The van der Waals surface area contributed by atoms with Crippen LogP contribution in [0.4, 0.5) is 0 Å². The van der Waals surface area contributed by atoms with Gasteiger partial charge in [-0.15, -0.1) is 0 Å². The van der Waals surface area contributed by atoms with Gasteiger partial charge in [0, 0.05) is 6.42 Å². The van der Waals surface area contributed by atoms with Crippen molar-refractivity contribution in [3.8, 4) is 0 Å². The third-order valence-electron chi connectivity index (χ3n) is 11.2. The molecule has 1 amide bonds. The van der Waals surface area contributed by atoms with Gasteiger partial charge in [0.2, 0.25) is 5.91 Å². The van der Waals surface area contributed by atoms with Gasteiger partial charge in [0.1, 0.15) is 24.4 Å². The molecule has 7 unspecified atom stereocenters. The molecule has 0 spiro atoms. The molecule has 0 saturated carbocycles. The largest absolute Gasteiger partial charge is 0.394 e. The van der Waals surface area contributed by atoms with Gasteiger partial charge in [0.05, 0.1) is 25.4 Å². The van der Waals surface area contributed by atoms with Gasteiger partial charge in [-0.2, -0.15) is 0 Å². The summed E-state index contributed by atoms with van der Waals surface area (Å²) in [5.74, 6) is -0.182. The van der Waals surface area contributed by atoms with E-state index in [1.165, 1.54) is 141 Å². The van der Waals surface area contributed by atoms with Crippen molar-refractivity contribution in [3.63, 3.8) is 0 Å². The first-order valence-corrected chi connectivity index (χ1v) is 23.7. The molecular weight excluding hydrogens is 719 g/mol. The average molecular weight is 808 g/mol. The molecule has 0 aromatic rings. The lowest BCUT2D eigenvalue weighted by Crippen LogP contribution is -2.60. The van der Waals surface area contributed by atoms with E-state index < -0.39 is 49.5 Å². The maximum absolute atomic E-state index is 13.0. The van der Waals surface area contributed by atoms with Crippen LogP contribution in [0, 0.1) is 0 Å².